The van der Waals surface area contributed by atoms with Crippen LogP contribution < -0.4 is 10.1 Å². The fraction of sp³-hybridized carbons (Fsp3) is 0.333. The standard InChI is InChI=1S/C24H24ClF3N2O2/c1-13-10-17(18(25)12-20(13)32-5)14(2)29-22(31)16-6-8-19-15(11-16)7-9-21(30-19)23(3,4)24(26,27)28/h6-12,14H,1-5H3,(H,29,31). The maximum atomic E-state index is 13.3. The van der Waals surface area contributed by atoms with E-state index >= 15 is 0 Å². The number of nitrogens with zero attached hydrogens (tertiary/aromatic N) is 1. The maximum absolute atomic E-state index is 13.3. The van der Waals surface area contributed by atoms with Crippen LogP contribution in [0.3, 0.4) is 0 Å². The third-order valence-corrected chi connectivity index (χ3v) is 5.96. The molecule has 32 heavy (non-hydrogen) atoms. The minimum absolute atomic E-state index is 0.0761. The van der Waals surface area contributed by atoms with Gasteiger partial charge in [0.15, 0.2) is 0 Å². The summed E-state index contributed by atoms with van der Waals surface area (Å²) in [7, 11) is 1.56. The van der Waals surface area contributed by atoms with Gasteiger partial charge in [0, 0.05) is 16.0 Å². The normalized spacial score (nSPS) is 13.2. The molecule has 1 atom stereocenters. The Labute approximate surface area is 189 Å². The van der Waals surface area contributed by atoms with Crippen LogP contribution in [-0.4, -0.2) is 24.2 Å². The second-order valence-electron chi connectivity index (χ2n) is 8.27. The first kappa shape index (κ1) is 23.9. The highest BCUT2D eigenvalue weighted by Gasteiger charge is 2.49. The number of ether oxygens (including phenoxy) is 1. The largest absolute Gasteiger partial charge is 0.496 e. The molecule has 170 valence electrons. The maximum Gasteiger partial charge on any atom is 0.399 e. The summed E-state index contributed by atoms with van der Waals surface area (Å²) in [6.45, 7) is 5.89. The first-order valence-electron chi connectivity index (χ1n) is 9.98. The van der Waals surface area contributed by atoms with Gasteiger partial charge >= 0.3 is 6.18 Å². The van der Waals surface area contributed by atoms with Crippen molar-refractivity contribution >= 4 is 28.4 Å². The first-order valence-corrected chi connectivity index (χ1v) is 10.4. The second kappa shape index (κ2) is 8.62. The molecular formula is C24H24ClF3N2O2. The van der Waals surface area contributed by atoms with Gasteiger partial charge in [0.2, 0.25) is 0 Å². The van der Waals surface area contributed by atoms with Gasteiger partial charge in [0.1, 0.15) is 11.2 Å². The minimum Gasteiger partial charge on any atom is -0.496 e. The summed E-state index contributed by atoms with van der Waals surface area (Å²) < 4.78 is 45.3. The van der Waals surface area contributed by atoms with Crippen LogP contribution in [0.2, 0.25) is 5.02 Å². The van der Waals surface area contributed by atoms with Gasteiger partial charge < -0.3 is 10.1 Å². The van der Waals surface area contributed by atoms with E-state index in [4.69, 9.17) is 16.3 Å². The average Bonchev–Trinajstić information content (AvgIpc) is 2.73. The number of aromatic nitrogens is 1. The third kappa shape index (κ3) is 4.53. The van der Waals surface area contributed by atoms with Crippen LogP contribution in [0.25, 0.3) is 10.9 Å². The van der Waals surface area contributed by atoms with Crippen molar-refractivity contribution in [2.75, 3.05) is 7.11 Å². The number of carbonyl (C=O) groups excluding carboxylic acids is 1. The molecule has 1 heterocycles. The molecule has 3 aromatic rings. The zero-order valence-corrected chi connectivity index (χ0v) is 19.2. The predicted octanol–water partition coefficient (Wildman–Crippen LogP) is 6.54. The Morgan fingerprint density at radius 2 is 1.81 bits per heavy atom. The number of pyridine rings is 1. The SMILES string of the molecule is COc1cc(Cl)c(C(C)NC(=O)c2ccc3nc(C(C)(C)C(F)(F)F)ccc3c2)cc1C. The van der Waals surface area contributed by atoms with E-state index in [0.717, 1.165) is 25.0 Å². The molecule has 1 N–H and O–H groups in total. The molecule has 0 radical (unpaired) electrons. The van der Waals surface area contributed by atoms with Crippen molar-refractivity contribution in [1.82, 2.24) is 10.3 Å². The van der Waals surface area contributed by atoms with Crippen LogP contribution in [-0.2, 0) is 5.41 Å². The average molecular weight is 465 g/mol. The van der Waals surface area contributed by atoms with Gasteiger partial charge in [-0.15, -0.1) is 0 Å². The van der Waals surface area contributed by atoms with Crippen molar-refractivity contribution < 1.29 is 22.7 Å². The van der Waals surface area contributed by atoms with Crippen molar-refractivity contribution in [1.29, 1.82) is 0 Å². The van der Waals surface area contributed by atoms with Gasteiger partial charge in [0.25, 0.3) is 5.91 Å². The molecular weight excluding hydrogens is 441 g/mol. The van der Waals surface area contributed by atoms with Gasteiger partial charge in [-0.2, -0.15) is 13.2 Å². The van der Waals surface area contributed by atoms with E-state index < -0.39 is 11.6 Å². The van der Waals surface area contributed by atoms with E-state index in [2.05, 4.69) is 10.3 Å². The van der Waals surface area contributed by atoms with Gasteiger partial charge in [0.05, 0.1) is 24.4 Å². The number of alkyl halides is 3. The molecule has 4 nitrogen and oxygen atoms in total. The van der Waals surface area contributed by atoms with Crippen LogP contribution in [0.15, 0.2) is 42.5 Å². The van der Waals surface area contributed by atoms with E-state index in [1.165, 1.54) is 6.07 Å². The van der Waals surface area contributed by atoms with Crippen LogP contribution in [0.5, 0.6) is 5.75 Å². The Hall–Kier alpha value is -2.80. The fourth-order valence-electron chi connectivity index (χ4n) is 3.36. The summed E-state index contributed by atoms with van der Waals surface area (Å²) >= 11 is 6.35. The van der Waals surface area contributed by atoms with Crippen LogP contribution in [0.1, 0.15) is 54.0 Å². The number of halogens is 4. The first-order chi connectivity index (χ1) is 14.8. The highest BCUT2D eigenvalue weighted by Crippen LogP contribution is 2.40. The highest BCUT2D eigenvalue weighted by molar-refractivity contribution is 6.31. The van der Waals surface area contributed by atoms with E-state index in [0.29, 0.717) is 27.2 Å². The number of amides is 1. The van der Waals surface area contributed by atoms with Crippen molar-refractivity contribution in [2.24, 2.45) is 0 Å². The molecule has 8 heteroatoms. The number of carbonyl (C=O) groups is 1. The molecule has 0 spiro atoms. The number of benzene rings is 2. The molecule has 1 aromatic heterocycles. The van der Waals surface area contributed by atoms with Crippen molar-refractivity contribution in [3.05, 3.63) is 69.9 Å². The Bertz CT molecular complexity index is 1180. The van der Waals surface area contributed by atoms with E-state index in [1.807, 2.05) is 19.9 Å². The van der Waals surface area contributed by atoms with Gasteiger partial charge in [-0.25, -0.2) is 0 Å². The molecule has 3 rings (SSSR count). The zero-order valence-electron chi connectivity index (χ0n) is 18.4. The third-order valence-electron chi connectivity index (χ3n) is 5.63. The number of nitrogens with one attached hydrogen (secondary N) is 1. The van der Waals surface area contributed by atoms with Crippen LogP contribution in [0, 0.1) is 6.92 Å². The highest BCUT2D eigenvalue weighted by atomic mass is 35.5. The lowest BCUT2D eigenvalue weighted by Gasteiger charge is -2.27. The summed E-state index contributed by atoms with van der Waals surface area (Å²) in [6, 6.07) is 10.8. The molecule has 0 aliphatic carbocycles. The molecule has 0 aliphatic heterocycles. The topological polar surface area (TPSA) is 51.2 Å². The minimum atomic E-state index is -4.43. The predicted molar refractivity (Wildman–Crippen MR) is 119 cm³/mol. The molecule has 0 bridgehead atoms. The summed E-state index contributed by atoms with van der Waals surface area (Å²) in [6.07, 6.45) is -4.43. The quantitative estimate of drug-likeness (QED) is 0.466. The van der Waals surface area contributed by atoms with E-state index in [9.17, 15) is 18.0 Å². The Balaban J connectivity index is 1.85. The van der Waals surface area contributed by atoms with Crippen molar-refractivity contribution in [3.63, 3.8) is 0 Å². The zero-order chi connectivity index (χ0) is 23.8. The summed E-state index contributed by atoms with van der Waals surface area (Å²) in [5.74, 6) is 0.330. The van der Waals surface area contributed by atoms with E-state index in [-0.39, 0.29) is 17.6 Å². The van der Waals surface area contributed by atoms with Gasteiger partial charge in [-0.3, -0.25) is 9.78 Å². The number of aryl methyl sites for hydroxylation is 1. The van der Waals surface area contributed by atoms with Gasteiger partial charge in [-0.05, 0) is 75.2 Å². The summed E-state index contributed by atoms with van der Waals surface area (Å²) in [5, 5.41) is 3.95. The number of fused-ring (bicyclic) bond motifs is 1. The molecule has 0 aliphatic rings. The number of hydrogen-bond acceptors (Lipinski definition) is 3. The van der Waals surface area contributed by atoms with Crippen molar-refractivity contribution in [3.8, 4) is 5.75 Å². The summed E-state index contributed by atoms with van der Waals surface area (Å²) in [4.78, 5) is 17.0. The summed E-state index contributed by atoms with van der Waals surface area (Å²) in [5.41, 5.74) is 0.242. The molecule has 1 unspecified atom stereocenters. The smallest absolute Gasteiger partial charge is 0.399 e. The van der Waals surface area contributed by atoms with Crippen LogP contribution in [0.4, 0.5) is 13.2 Å². The number of methoxy groups -OCH3 is 1. The molecule has 1 amide bonds. The Morgan fingerprint density at radius 1 is 1.12 bits per heavy atom. The lowest BCUT2D eigenvalue weighted by Crippen LogP contribution is -2.37. The molecule has 0 fully saturated rings. The molecule has 2 aromatic carbocycles. The Morgan fingerprint density at radius 3 is 2.44 bits per heavy atom. The number of rotatable bonds is 5. The Kier molecular flexibility index (Phi) is 6.43. The van der Waals surface area contributed by atoms with Crippen LogP contribution >= 0.6 is 11.6 Å². The lowest BCUT2D eigenvalue weighted by molar-refractivity contribution is -0.181. The monoisotopic (exact) mass is 464 g/mol. The molecule has 0 saturated carbocycles. The second-order valence-corrected chi connectivity index (χ2v) is 8.67. The van der Waals surface area contributed by atoms with E-state index in [1.54, 1.807) is 37.4 Å². The lowest BCUT2D eigenvalue weighted by atomic mass is 9.87. The molecule has 0 saturated heterocycles. The van der Waals surface area contributed by atoms with Gasteiger partial charge in [-0.1, -0.05) is 17.7 Å². The fourth-order valence-corrected chi connectivity index (χ4v) is 3.67. The number of hydrogen-bond donors (Lipinski definition) is 1. The van der Waals surface area contributed by atoms with Crippen molar-refractivity contribution in [2.45, 2.75) is 45.3 Å².